The summed E-state index contributed by atoms with van der Waals surface area (Å²) in [6.45, 7) is 4.03. The third kappa shape index (κ3) is 3.35. The monoisotopic (exact) mass is 399 g/mol. The number of aryl methyl sites for hydroxylation is 1. The quantitative estimate of drug-likeness (QED) is 0.670. The van der Waals surface area contributed by atoms with E-state index in [0.717, 1.165) is 49.2 Å². The predicted octanol–water partition coefficient (Wildman–Crippen LogP) is 4.37. The van der Waals surface area contributed by atoms with Crippen LogP contribution in [0.2, 0.25) is 0 Å². The topological polar surface area (TPSA) is 44.4 Å². The van der Waals surface area contributed by atoms with Crippen molar-refractivity contribution < 1.29 is 4.79 Å². The standard InChI is InChI=1S/C26H29N3O/c1-18-10-11-21(29-15-12-20(17-29)27-2)16-23(18)25(30)28-26(13-14-26)24-9-5-7-19-6-3-4-8-22(19)24/h3-11,16,20,27H,12-15,17H2,1-2H3,(H,28,30)/t20-/m0/s1. The number of anilines is 1. The molecule has 4 nitrogen and oxygen atoms in total. The van der Waals surface area contributed by atoms with Crippen molar-refractivity contribution in [2.75, 3.05) is 25.0 Å². The maximum Gasteiger partial charge on any atom is 0.252 e. The fraction of sp³-hybridized carbons (Fsp3) is 0.346. The molecule has 0 spiro atoms. The van der Waals surface area contributed by atoms with Crippen LogP contribution in [0.5, 0.6) is 0 Å². The van der Waals surface area contributed by atoms with Gasteiger partial charge in [0.1, 0.15) is 0 Å². The molecule has 4 heteroatoms. The van der Waals surface area contributed by atoms with Crippen LogP contribution in [-0.2, 0) is 5.54 Å². The Morgan fingerprint density at radius 2 is 1.87 bits per heavy atom. The number of hydrogen-bond donors (Lipinski definition) is 2. The number of nitrogens with zero attached hydrogens (tertiary/aromatic N) is 1. The lowest BCUT2D eigenvalue weighted by Crippen LogP contribution is -2.35. The normalized spacial score (nSPS) is 19.8. The van der Waals surface area contributed by atoms with Crippen molar-refractivity contribution in [3.63, 3.8) is 0 Å². The molecule has 5 rings (SSSR count). The first-order valence-corrected chi connectivity index (χ1v) is 10.9. The van der Waals surface area contributed by atoms with Crippen molar-refractivity contribution in [3.05, 3.63) is 77.4 Å². The second kappa shape index (κ2) is 7.44. The molecule has 1 amide bonds. The number of carbonyl (C=O) groups excluding carboxylic acids is 1. The summed E-state index contributed by atoms with van der Waals surface area (Å²) in [4.78, 5) is 15.7. The van der Waals surface area contributed by atoms with Crippen LogP contribution in [0, 0.1) is 6.92 Å². The molecular formula is C26H29N3O. The minimum Gasteiger partial charge on any atom is -0.370 e. The average molecular weight is 400 g/mol. The van der Waals surface area contributed by atoms with Gasteiger partial charge in [0.15, 0.2) is 0 Å². The zero-order chi connectivity index (χ0) is 20.7. The molecule has 1 saturated carbocycles. The maximum absolute atomic E-state index is 13.4. The second-order valence-corrected chi connectivity index (χ2v) is 8.78. The highest BCUT2D eigenvalue weighted by molar-refractivity contribution is 5.98. The highest BCUT2D eigenvalue weighted by Gasteiger charge is 2.46. The van der Waals surface area contributed by atoms with Gasteiger partial charge in [-0.15, -0.1) is 0 Å². The number of amides is 1. The molecule has 1 aliphatic heterocycles. The van der Waals surface area contributed by atoms with Crippen molar-refractivity contribution in [1.82, 2.24) is 10.6 Å². The van der Waals surface area contributed by atoms with Gasteiger partial charge in [-0.1, -0.05) is 48.5 Å². The highest BCUT2D eigenvalue weighted by Crippen LogP contribution is 2.48. The van der Waals surface area contributed by atoms with Gasteiger partial charge in [0.2, 0.25) is 0 Å². The molecule has 2 aliphatic rings. The number of rotatable bonds is 5. The molecule has 0 aromatic heterocycles. The molecule has 154 valence electrons. The molecule has 2 fully saturated rings. The van der Waals surface area contributed by atoms with Gasteiger partial charge in [-0.3, -0.25) is 4.79 Å². The highest BCUT2D eigenvalue weighted by atomic mass is 16.1. The number of nitrogens with one attached hydrogen (secondary N) is 2. The summed E-state index contributed by atoms with van der Waals surface area (Å²) in [6, 6.07) is 21.7. The molecule has 3 aromatic carbocycles. The molecule has 1 aliphatic carbocycles. The Balaban J connectivity index is 1.42. The Morgan fingerprint density at radius 1 is 1.07 bits per heavy atom. The molecular weight excluding hydrogens is 370 g/mol. The van der Waals surface area contributed by atoms with E-state index in [-0.39, 0.29) is 11.4 Å². The summed E-state index contributed by atoms with van der Waals surface area (Å²) in [5, 5.41) is 9.22. The van der Waals surface area contributed by atoms with Gasteiger partial charge >= 0.3 is 0 Å². The first-order valence-electron chi connectivity index (χ1n) is 10.9. The SMILES string of the molecule is CN[C@H]1CCN(c2ccc(C)c(C(=O)NC3(c4cccc5ccccc45)CC3)c2)C1. The summed E-state index contributed by atoms with van der Waals surface area (Å²) in [6.07, 6.45) is 3.11. The fourth-order valence-electron chi connectivity index (χ4n) is 4.80. The Bertz CT molecular complexity index is 1100. The summed E-state index contributed by atoms with van der Waals surface area (Å²) in [7, 11) is 2.02. The van der Waals surface area contributed by atoms with Crippen LogP contribution >= 0.6 is 0 Å². The minimum absolute atomic E-state index is 0.0316. The molecule has 1 heterocycles. The third-order valence-corrected chi connectivity index (χ3v) is 6.84. The van der Waals surface area contributed by atoms with Gasteiger partial charge in [-0.2, -0.15) is 0 Å². The molecule has 0 radical (unpaired) electrons. The summed E-state index contributed by atoms with van der Waals surface area (Å²) < 4.78 is 0. The van der Waals surface area contributed by atoms with E-state index in [1.54, 1.807) is 0 Å². The first-order chi connectivity index (χ1) is 14.6. The molecule has 1 atom stereocenters. The summed E-state index contributed by atoms with van der Waals surface area (Å²) in [5.74, 6) is 0.0316. The lowest BCUT2D eigenvalue weighted by Gasteiger charge is -2.23. The van der Waals surface area contributed by atoms with Crippen LogP contribution in [0.4, 0.5) is 5.69 Å². The number of fused-ring (bicyclic) bond motifs is 1. The van der Waals surface area contributed by atoms with Crippen LogP contribution < -0.4 is 15.5 Å². The van der Waals surface area contributed by atoms with Gasteiger partial charge in [0.25, 0.3) is 5.91 Å². The van der Waals surface area contributed by atoms with Crippen molar-refractivity contribution >= 4 is 22.4 Å². The maximum atomic E-state index is 13.4. The van der Waals surface area contributed by atoms with E-state index in [1.807, 2.05) is 14.0 Å². The molecule has 30 heavy (non-hydrogen) atoms. The largest absolute Gasteiger partial charge is 0.370 e. The fourth-order valence-corrected chi connectivity index (χ4v) is 4.80. The lowest BCUT2D eigenvalue weighted by molar-refractivity contribution is 0.0930. The van der Waals surface area contributed by atoms with E-state index < -0.39 is 0 Å². The molecule has 1 saturated heterocycles. The van der Waals surface area contributed by atoms with Gasteiger partial charge in [0.05, 0.1) is 5.54 Å². The smallest absolute Gasteiger partial charge is 0.252 e. The number of likely N-dealkylation sites (N-methyl/N-ethyl adjacent to an activating group) is 1. The molecule has 3 aromatic rings. The Morgan fingerprint density at radius 3 is 2.63 bits per heavy atom. The van der Waals surface area contributed by atoms with E-state index in [4.69, 9.17) is 0 Å². The van der Waals surface area contributed by atoms with Crippen molar-refractivity contribution in [3.8, 4) is 0 Å². The van der Waals surface area contributed by atoms with Crippen LogP contribution in [0.15, 0.2) is 60.7 Å². The van der Waals surface area contributed by atoms with Gasteiger partial charge in [-0.05, 0) is 67.3 Å². The van der Waals surface area contributed by atoms with E-state index in [2.05, 4.69) is 76.2 Å². The molecule has 0 unspecified atom stereocenters. The van der Waals surface area contributed by atoms with Crippen molar-refractivity contribution in [2.24, 2.45) is 0 Å². The summed E-state index contributed by atoms with van der Waals surface area (Å²) in [5.41, 5.74) is 3.93. The summed E-state index contributed by atoms with van der Waals surface area (Å²) >= 11 is 0. The van der Waals surface area contributed by atoms with Crippen molar-refractivity contribution in [1.29, 1.82) is 0 Å². The Kier molecular flexibility index (Phi) is 4.75. The first kappa shape index (κ1) is 19.1. The lowest BCUT2D eigenvalue weighted by atomic mass is 9.96. The van der Waals surface area contributed by atoms with Crippen LogP contribution in [-0.4, -0.2) is 32.1 Å². The van der Waals surface area contributed by atoms with Crippen molar-refractivity contribution in [2.45, 2.75) is 37.8 Å². The van der Waals surface area contributed by atoms with E-state index >= 15 is 0 Å². The number of benzene rings is 3. The van der Waals surface area contributed by atoms with Gasteiger partial charge in [-0.25, -0.2) is 0 Å². The zero-order valence-electron chi connectivity index (χ0n) is 17.7. The molecule has 0 bridgehead atoms. The van der Waals surface area contributed by atoms with Gasteiger partial charge < -0.3 is 15.5 Å². The predicted molar refractivity (Wildman–Crippen MR) is 123 cm³/mol. The average Bonchev–Trinajstić information content (AvgIpc) is 3.38. The Labute approximate surface area is 178 Å². The van der Waals surface area contributed by atoms with Gasteiger partial charge in [0, 0.05) is 30.4 Å². The van der Waals surface area contributed by atoms with Crippen LogP contribution in [0.25, 0.3) is 10.8 Å². The second-order valence-electron chi connectivity index (χ2n) is 8.78. The van der Waals surface area contributed by atoms with E-state index in [1.165, 1.54) is 16.3 Å². The van der Waals surface area contributed by atoms with E-state index in [9.17, 15) is 4.79 Å². The van der Waals surface area contributed by atoms with Crippen LogP contribution in [0.1, 0.15) is 40.7 Å². The Hall–Kier alpha value is -2.85. The van der Waals surface area contributed by atoms with Crippen LogP contribution in [0.3, 0.4) is 0 Å². The number of hydrogen-bond acceptors (Lipinski definition) is 3. The molecule has 2 N–H and O–H groups in total. The van der Waals surface area contributed by atoms with E-state index in [0.29, 0.717) is 6.04 Å². The number of carbonyl (C=O) groups is 1. The minimum atomic E-state index is -0.245. The zero-order valence-corrected chi connectivity index (χ0v) is 17.7. The third-order valence-electron chi connectivity index (χ3n) is 6.84.